The number of fused-ring (bicyclic) bond motifs is 1. The van der Waals surface area contributed by atoms with Gasteiger partial charge in [0, 0.05) is 36.3 Å². The molecule has 3 heterocycles. The summed E-state index contributed by atoms with van der Waals surface area (Å²) in [6.45, 7) is 18.4. The van der Waals surface area contributed by atoms with Crippen LogP contribution in [0.4, 0.5) is 11.6 Å². The van der Waals surface area contributed by atoms with E-state index in [9.17, 15) is 9.59 Å². The number of benzene rings is 2. The number of rotatable bonds is 6. The molecule has 0 spiro atoms. The first-order valence-electron chi connectivity index (χ1n) is 14.8. The van der Waals surface area contributed by atoms with E-state index in [1.807, 2.05) is 59.7 Å². The van der Waals surface area contributed by atoms with Crippen LogP contribution in [0.3, 0.4) is 0 Å². The van der Waals surface area contributed by atoms with Crippen LogP contribution in [0.1, 0.15) is 81.4 Å². The Morgan fingerprint density at radius 2 is 1.67 bits per heavy atom. The van der Waals surface area contributed by atoms with Crippen LogP contribution in [0.15, 0.2) is 39.5 Å². The van der Waals surface area contributed by atoms with Gasteiger partial charge in [-0.2, -0.15) is 0 Å². The highest BCUT2D eigenvalue weighted by atomic mass is 16.7. The Hall–Kier alpha value is -3.30. The summed E-state index contributed by atoms with van der Waals surface area (Å²) in [7, 11) is 0.581. The Bertz CT molecular complexity index is 1570. The molecular weight excluding hydrogens is 531 g/mol. The van der Waals surface area contributed by atoms with E-state index in [2.05, 4.69) is 24.1 Å². The third kappa shape index (κ3) is 5.44. The van der Waals surface area contributed by atoms with Gasteiger partial charge < -0.3 is 28.7 Å². The first-order chi connectivity index (χ1) is 19.6. The van der Waals surface area contributed by atoms with Crippen molar-refractivity contribution in [2.45, 2.75) is 86.0 Å². The van der Waals surface area contributed by atoms with Crippen LogP contribution in [0.25, 0.3) is 11.0 Å². The molecule has 42 heavy (non-hydrogen) atoms. The van der Waals surface area contributed by atoms with E-state index in [1.54, 1.807) is 12.1 Å². The number of piperidine rings is 1. The van der Waals surface area contributed by atoms with Crippen molar-refractivity contribution in [1.29, 1.82) is 0 Å². The van der Waals surface area contributed by atoms with Crippen molar-refractivity contribution in [2.24, 2.45) is 5.41 Å². The van der Waals surface area contributed by atoms with Crippen LogP contribution >= 0.6 is 0 Å². The second-order valence-corrected chi connectivity index (χ2v) is 13.5. The molecule has 0 saturated carbocycles. The topological polar surface area (TPSA) is 90.2 Å². The Labute approximate surface area is 248 Å². The minimum absolute atomic E-state index is 0.00775. The van der Waals surface area contributed by atoms with Gasteiger partial charge in [-0.15, -0.1) is 0 Å². The molecule has 2 fully saturated rings. The number of methoxy groups -OCH3 is 1. The lowest BCUT2D eigenvalue weighted by Gasteiger charge is -2.37. The molecule has 1 N–H and O–H groups in total. The molecule has 9 heteroatoms. The van der Waals surface area contributed by atoms with E-state index < -0.39 is 24.3 Å². The molecule has 2 aliphatic heterocycles. The molecule has 0 unspecified atom stereocenters. The van der Waals surface area contributed by atoms with Gasteiger partial charge in [0.2, 0.25) is 5.88 Å². The highest BCUT2D eigenvalue weighted by molar-refractivity contribution is 6.65. The number of hydrogen-bond acceptors (Lipinski definition) is 8. The zero-order valence-corrected chi connectivity index (χ0v) is 26.4. The van der Waals surface area contributed by atoms with Gasteiger partial charge in [0.15, 0.2) is 5.43 Å². The van der Waals surface area contributed by atoms with Gasteiger partial charge >= 0.3 is 13.1 Å². The van der Waals surface area contributed by atoms with Crippen molar-refractivity contribution in [3.05, 3.63) is 62.8 Å². The minimum atomic E-state index is -0.780. The van der Waals surface area contributed by atoms with Crippen LogP contribution in [-0.4, -0.2) is 44.5 Å². The average molecular weight is 575 g/mol. The zero-order valence-electron chi connectivity index (χ0n) is 26.4. The number of carbonyl (C=O) groups excluding carboxylic acids is 1. The van der Waals surface area contributed by atoms with Crippen LogP contribution in [-0.2, 0) is 20.6 Å². The Morgan fingerprint density at radius 1 is 1.02 bits per heavy atom. The molecule has 0 bridgehead atoms. The molecule has 0 amide bonds. The summed E-state index contributed by atoms with van der Waals surface area (Å²) in [6, 6.07) is 9.35. The van der Waals surface area contributed by atoms with E-state index in [0.717, 1.165) is 37.1 Å². The Kier molecular flexibility index (Phi) is 7.73. The number of carbonyl (C=O) groups is 1. The molecule has 2 saturated heterocycles. The van der Waals surface area contributed by atoms with Crippen molar-refractivity contribution >= 4 is 41.1 Å². The number of ether oxygens (including phenoxy) is 1. The van der Waals surface area contributed by atoms with Crippen molar-refractivity contribution in [2.75, 3.05) is 30.4 Å². The summed E-state index contributed by atoms with van der Waals surface area (Å²) in [6.07, 6.45) is 2.07. The monoisotopic (exact) mass is 574 g/mol. The van der Waals surface area contributed by atoms with Gasteiger partial charge in [0.1, 0.15) is 5.58 Å². The van der Waals surface area contributed by atoms with E-state index in [1.165, 1.54) is 7.11 Å². The number of hydrogen-bond donors (Lipinski definition) is 1. The molecule has 2 aromatic carbocycles. The Morgan fingerprint density at radius 3 is 2.29 bits per heavy atom. The van der Waals surface area contributed by atoms with Crippen LogP contribution in [0, 0.1) is 19.3 Å². The normalized spacial score (nSPS) is 19.3. The second-order valence-electron chi connectivity index (χ2n) is 13.5. The predicted octanol–water partition coefficient (Wildman–Crippen LogP) is 5.73. The van der Waals surface area contributed by atoms with Gasteiger partial charge in [0.25, 0.3) is 0 Å². The number of nitrogens with zero attached hydrogens (tertiary/aromatic N) is 1. The van der Waals surface area contributed by atoms with Crippen LogP contribution in [0.2, 0.25) is 0 Å². The molecule has 2 aliphatic rings. The van der Waals surface area contributed by atoms with Crippen LogP contribution in [0.5, 0.6) is 0 Å². The molecule has 8 nitrogen and oxygen atoms in total. The number of nitrogens with one attached hydrogen (secondary N) is 1. The minimum Gasteiger partial charge on any atom is -0.465 e. The standard InChI is InChI=1S/C33H43BN2O6/c1-20-17-22(28-24(18-20)27(37)21(2)29(40-28)36-15-13-31(3,4)14-16-36)19-35-25-12-10-11-23(30(38)39-9)26(25)34-41-32(5,6)33(7,8)42-34/h10-12,17-18,35H,13-16,19H2,1-9H3. The fraction of sp³-hybridized carbons (Fsp3) is 0.515. The van der Waals surface area contributed by atoms with E-state index in [4.69, 9.17) is 18.5 Å². The highest BCUT2D eigenvalue weighted by Crippen LogP contribution is 2.38. The number of esters is 1. The van der Waals surface area contributed by atoms with Gasteiger partial charge in [-0.3, -0.25) is 4.79 Å². The van der Waals surface area contributed by atoms with Gasteiger partial charge in [-0.25, -0.2) is 4.79 Å². The molecule has 0 atom stereocenters. The van der Waals surface area contributed by atoms with Gasteiger partial charge in [-0.05, 0) is 83.6 Å². The summed E-state index contributed by atoms with van der Waals surface area (Å²) in [5.41, 5.74) is 3.74. The lowest BCUT2D eigenvalue weighted by atomic mass is 9.74. The highest BCUT2D eigenvalue weighted by Gasteiger charge is 2.53. The third-order valence-electron chi connectivity index (χ3n) is 9.29. The summed E-state index contributed by atoms with van der Waals surface area (Å²) >= 11 is 0. The quantitative estimate of drug-likeness (QED) is 0.295. The maximum atomic E-state index is 13.6. The molecule has 1 aromatic heterocycles. The molecule has 0 aliphatic carbocycles. The van der Waals surface area contributed by atoms with E-state index in [0.29, 0.717) is 45.7 Å². The average Bonchev–Trinajstić information content (AvgIpc) is 3.15. The fourth-order valence-electron chi connectivity index (χ4n) is 5.77. The van der Waals surface area contributed by atoms with Gasteiger partial charge in [-0.1, -0.05) is 26.0 Å². The van der Waals surface area contributed by atoms with Crippen molar-refractivity contribution in [1.82, 2.24) is 0 Å². The summed E-state index contributed by atoms with van der Waals surface area (Å²) in [5, 5.41) is 4.07. The van der Waals surface area contributed by atoms with E-state index in [-0.39, 0.29) is 10.8 Å². The van der Waals surface area contributed by atoms with E-state index >= 15 is 0 Å². The maximum Gasteiger partial charge on any atom is 0.497 e. The third-order valence-corrected chi connectivity index (χ3v) is 9.29. The fourth-order valence-corrected chi connectivity index (χ4v) is 5.77. The maximum absolute atomic E-state index is 13.6. The summed E-state index contributed by atoms with van der Waals surface area (Å²) in [5.74, 6) is 0.180. The molecule has 5 rings (SSSR count). The number of aryl methyl sites for hydroxylation is 1. The number of anilines is 2. The SMILES string of the molecule is COC(=O)c1cccc(NCc2cc(C)cc3c(=O)c(C)c(N4CCC(C)(C)CC4)oc23)c1B1OC(C)(C)C(C)(C)O1. The van der Waals surface area contributed by atoms with Crippen LogP contribution < -0.4 is 21.1 Å². The summed E-state index contributed by atoms with van der Waals surface area (Å²) in [4.78, 5) is 28.7. The van der Waals surface area contributed by atoms with Gasteiger partial charge in [0.05, 0.1) is 34.8 Å². The predicted molar refractivity (Wildman–Crippen MR) is 168 cm³/mol. The first-order valence-corrected chi connectivity index (χ1v) is 14.8. The molecule has 0 radical (unpaired) electrons. The van der Waals surface area contributed by atoms with Crippen molar-refractivity contribution in [3.8, 4) is 0 Å². The van der Waals surface area contributed by atoms with Crippen molar-refractivity contribution < 1.29 is 23.3 Å². The largest absolute Gasteiger partial charge is 0.497 e. The molecule has 224 valence electrons. The first kappa shape index (κ1) is 30.2. The van der Waals surface area contributed by atoms with Crippen molar-refractivity contribution in [3.63, 3.8) is 0 Å². The lowest BCUT2D eigenvalue weighted by Crippen LogP contribution is -2.41. The molecular formula is C33H43BN2O6. The second kappa shape index (κ2) is 10.8. The molecule has 3 aromatic rings. The lowest BCUT2D eigenvalue weighted by molar-refractivity contribution is 0.00578. The zero-order chi connectivity index (χ0) is 30.6. The Balaban J connectivity index is 1.54. The summed E-state index contributed by atoms with van der Waals surface area (Å²) < 4.78 is 24.4. The smallest absolute Gasteiger partial charge is 0.465 e.